The predicted molar refractivity (Wildman–Crippen MR) is 91.5 cm³/mol. The molecule has 126 valence electrons. The Balaban J connectivity index is 1.50. The Bertz CT molecular complexity index is 567. The average Bonchev–Trinajstić information content (AvgIpc) is 3.28. The number of hydrogen-bond acceptors (Lipinski definition) is 4. The van der Waals surface area contributed by atoms with Gasteiger partial charge in [-0.1, -0.05) is 0 Å². The molecule has 0 bridgehead atoms. The number of ether oxygens (including phenoxy) is 1. The van der Waals surface area contributed by atoms with Crippen molar-refractivity contribution < 1.29 is 9.53 Å². The summed E-state index contributed by atoms with van der Waals surface area (Å²) in [6.07, 6.45) is 3.64. The molecule has 0 N–H and O–H groups in total. The number of carbonyl (C=O) groups excluding carboxylic acids is 1. The highest BCUT2D eigenvalue weighted by atomic mass is 32.1. The van der Waals surface area contributed by atoms with Crippen molar-refractivity contribution in [3.8, 4) is 0 Å². The van der Waals surface area contributed by atoms with Crippen molar-refractivity contribution in [3.63, 3.8) is 0 Å². The number of aryl methyl sites for hydroxylation is 1. The fourth-order valence-electron chi connectivity index (χ4n) is 4.39. The monoisotopic (exact) mass is 334 g/mol. The molecule has 1 aromatic heterocycles. The average molecular weight is 334 g/mol. The smallest absolute Gasteiger partial charge is 0.227 e. The van der Waals surface area contributed by atoms with Crippen molar-refractivity contribution in [1.82, 2.24) is 9.80 Å². The second-order valence-corrected chi connectivity index (χ2v) is 8.22. The lowest BCUT2D eigenvalue weighted by Gasteiger charge is -2.40. The fourth-order valence-corrected chi connectivity index (χ4v) is 5.33. The molecule has 5 heteroatoms. The van der Waals surface area contributed by atoms with Crippen LogP contribution in [0.15, 0.2) is 11.4 Å². The van der Waals surface area contributed by atoms with E-state index < -0.39 is 0 Å². The summed E-state index contributed by atoms with van der Waals surface area (Å²) in [6, 6.07) is 2.19. The number of piperidine rings is 1. The molecule has 3 aliphatic rings. The molecule has 4 nitrogen and oxygen atoms in total. The minimum absolute atomic E-state index is 0.134. The zero-order chi connectivity index (χ0) is 15.8. The van der Waals surface area contributed by atoms with Gasteiger partial charge in [-0.05, 0) is 43.2 Å². The molecule has 1 aromatic rings. The number of hydrogen-bond donors (Lipinski definition) is 0. The quantitative estimate of drug-likeness (QED) is 0.851. The van der Waals surface area contributed by atoms with Crippen LogP contribution >= 0.6 is 11.3 Å². The van der Waals surface area contributed by atoms with Crippen LogP contribution in [0.4, 0.5) is 0 Å². The maximum Gasteiger partial charge on any atom is 0.227 e. The first-order valence-corrected chi connectivity index (χ1v) is 9.76. The molecular weight excluding hydrogens is 308 g/mol. The summed E-state index contributed by atoms with van der Waals surface area (Å²) in [6.45, 7) is 7.75. The Labute approximate surface area is 142 Å². The molecule has 23 heavy (non-hydrogen) atoms. The van der Waals surface area contributed by atoms with Gasteiger partial charge in [0, 0.05) is 50.1 Å². The third kappa shape index (κ3) is 3.06. The molecule has 4 heterocycles. The van der Waals surface area contributed by atoms with Gasteiger partial charge in [-0.25, -0.2) is 0 Å². The van der Waals surface area contributed by atoms with Crippen LogP contribution in [0.2, 0.25) is 0 Å². The molecule has 3 atom stereocenters. The van der Waals surface area contributed by atoms with E-state index in [9.17, 15) is 4.79 Å². The molecule has 3 saturated heterocycles. The fraction of sp³-hybridized carbons (Fsp3) is 0.722. The highest BCUT2D eigenvalue weighted by Gasteiger charge is 2.45. The number of rotatable bonds is 3. The lowest BCUT2D eigenvalue weighted by Crippen LogP contribution is -2.52. The molecular formula is C18H26N2O2S. The molecule has 0 aromatic carbocycles. The van der Waals surface area contributed by atoms with Gasteiger partial charge in [0.2, 0.25) is 5.91 Å². The van der Waals surface area contributed by atoms with Gasteiger partial charge < -0.3 is 9.64 Å². The summed E-state index contributed by atoms with van der Waals surface area (Å²) in [4.78, 5) is 19.0. The van der Waals surface area contributed by atoms with Crippen LogP contribution in [0.3, 0.4) is 0 Å². The third-order valence-corrected chi connectivity index (χ3v) is 6.75. The van der Waals surface area contributed by atoms with Crippen LogP contribution in [0, 0.1) is 18.8 Å². The van der Waals surface area contributed by atoms with Crippen LogP contribution in [-0.2, 0) is 16.1 Å². The topological polar surface area (TPSA) is 32.8 Å². The lowest BCUT2D eigenvalue weighted by molar-refractivity contribution is -0.140. The van der Waals surface area contributed by atoms with Crippen molar-refractivity contribution in [1.29, 1.82) is 0 Å². The Morgan fingerprint density at radius 1 is 1.35 bits per heavy atom. The molecule has 0 spiro atoms. The maximum absolute atomic E-state index is 13.0. The number of fused-ring (bicyclic) bond motifs is 1. The molecule has 0 radical (unpaired) electrons. The summed E-state index contributed by atoms with van der Waals surface area (Å²) >= 11 is 1.83. The standard InChI is InChI=1S/C18H26N2O2S/c1-13-5-9-23-17(13)12-19-10-15(14-4-8-22-16(14)11-19)18(21)20-6-2-3-7-20/h5,9,14-16H,2-4,6-8,10-12H2,1H3/t14-,15-,16+/m0/s1. The van der Waals surface area contributed by atoms with E-state index in [-0.39, 0.29) is 12.0 Å². The van der Waals surface area contributed by atoms with E-state index in [0.29, 0.717) is 11.8 Å². The number of amides is 1. The van der Waals surface area contributed by atoms with Gasteiger partial charge in [-0.15, -0.1) is 11.3 Å². The van der Waals surface area contributed by atoms with E-state index >= 15 is 0 Å². The highest BCUT2D eigenvalue weighted by Crippen LogP contribution is 2.36. The van der Waals surface area contributed by atoms with Crippen LogP contribution in [0.5, 0.6) is 0 Å². The maximum atomic E-state index is 13.0. The second kappa shape index (κ2) is 6.54. The normalized spacial score (nSPS) is 31.5. The summed E-state index contributed by atoms with van der Waals surface area (Å²) in [7, 11) is 0. The van der Waals surface area contributed by atoms with Crippen LogP contribution in [0.25, 0.3) is 0 Å². The summed E-state index contributed by atoms with van der Waals surface area (Å²) in [5.74, 6) is 0.953. The van der Waals surface area contributed by atoms with Crippen molar-refractivity contribution >= 4 is 17.2 Å². The number of thiophene rings is 1. The Hall–Kier alpha value is -0.910. The number of carbonyl (C=O) groups is 1. The van der Waals surface area contributed by atoms with Crippen LogP contribution in [-0.4, -0.2) is 54.6 Å². The Morgan fingerprint density at radius 3 is 2.91 bits per heavy atom. The molecule has 0 saturated carbocycles. The van der Waals surface area contributed by atoms with Crippen molar-refractivity contribution in [2.45, 2.75) is 38.8 Å². The first kappa shape index (κ1) is 15.6. The first-order valence-electron chi connectivity index (χ1n) is 8.88. The lowest BCUT2D eigenvalue weighted by atomic mass is 9.82. The van der Waals surface area contributed by atoms with Crippen molar-refractivity contribution in [3.05, 3.63) is 21.9 Å². The van der Waals surface area contributed by atoms with Gasteiger partial charge in [0.15, 0.2) is 0 Å². The Kier molecular flexibility index (Phi) is 4.43. The van der Waals surface area contributed by atoms with E-state index in [1.807, 2.05) is 11.3 Å². The van der Waals surface area contributed by atoms with Crippen molar-refractivity contribution in [2.24, 2.45) is 11.8 Å². The first-order chi connectivity index (χ1) is 11.2. The third-order valence-electron chi connectivity index (χ3n) is 5.74. The van der Waals surface area contributed by atoms with Crippen LogP contribution in [0.1, 0.15) is 29.7 Å². The molecule has 4 rings (SSSR count). The summed E-state index contributed by atoms with van der Waals surface area (Å²) < 4.78 is 5.97. The minimum Gasteiger partial charge on any atom is -0.377 e. The largest absolute Gasteiger partial charge is 0.377 e. The zero-order valence-electron chi connectivity index (χ0n) is 13.9. The van der Waals surface area contributed by atoms with Gasteiger partial charge >= 0.3 is 0 Å². The summed E-state index contributed by atoms with van der Waals surface area (Å²) in [5.41, 5.74) is 1.37. The van der Waals surface area contributed by atoms with Gasteiger partial charge in [-0.2, -0.15) is 0 Å². The van der Waals surface area contributed by atoms with Crippen molar-refractivity contribution in [2.75, 3.05) is 32.8 Å². The highest BCUT2D eigenvalue weighted by molar-refractivity contribution is 7.10. The molecule has 0 aliphatic carbocycles. The van der Waals surface area contributed by atoms with E-state index in [4.69, 9.17) is 4.74 Å². The van der Waals surface area contributed by atoms with Gasteiger partial charge in [0.1, 0.15) is 0 Å². The van der Waals surface area contributed by atoms with E-state index in [1.165, 1.54) is 23.3 Å². The Morgan fingerprint density at radius 2 is 2.17 bits per heavy atom. The van der Waals surface area contributed by atoms with E-state index in [2.05, 4.69) is 28.2 Å². The molecule has 0 unspecified atom stereocenters. The van der Waals surface area contributed by atoms with Gasteiger partial charge in [0.25, 0.3) is 0 Å². The molecule has 1 amide bonds. The predicted octanol–water partition coefficient (Wildman–Crippen LogP) is 2.52. The zero-order valence-corrected chi connectivity index (χ0v) is 14.7. The second-order valence-electron chi connectivity index (χ2n) is 7.22. The van der Waals surface area contributed by atoms with Gasteiger partial charge in [0.05, 0.1) is 12.0 Å². The molecule has 3 aliphatic heterocycles. The molecule has 3 fully saturated rings. The number of likely N-dealkylation sites (tertiary alicyclic amines) is 2. The van der Waals surface area contributed by atoms with E-state index in [0.717, 1.165) is 45.8 Å². The number of nitrogens with zero attached hydrogens (tertiary/aromatic N) is 2. The van der Waals surface area contributed by atoms with E-state index in [1.54, 1.807) is 0 Å². The minimum atomic E-state index is 0.134. The van der Waals surface area contributed by atoms with Gasteiger partial charge in [-0.3, -0.25) is 9.69 Å². The summed E-state index contributed by atoms with van der Waals surface area (Å²) in [5, 5.41) is 2.16. The SMILES string of the molecule is Cc1ccsc1CN1C[C@H](C(=O)N2CCCC2)[C@@H]2CCO[C@@H]2C1. The van der Waals surface area contributed by atoms with Crippen LogP contribution < -0.4 is 0 Å².